The Morgan fingerprint density at radius 3 is 2.67 bits per heavy atom. The highest BCUT2D eigenvalue weighted by Gasteiger charge is 2.43. The first-order valence-electron chi connectivity index (χ1n) is 11.4. The van der Waals surface area contributed by atoms with E-state index in [1.165, 1.54) is 22.4 Å². The highest BCUT2D eigenvalue weighted by atomic mass is 16.3. The molecule has 0 spiro atoms. The molecule has 0 aliphatic heterocycles. The second kappa shape index (κ2) is 9.22. The molecule has 0 amide bonds. The number of nitrogens with zero attached hydrogens (tertiary/aromatic N) is 1. The summed E-state index contributed by atoms with van der Waals surface area (Å²) in [6, 6.07) is 17.6. The first-order valence-corrected chi connectivity index (χ1v) is 11.4. The molecule has 158 valence electrons. The lowest BCUT2D eigenvalue weighted by Gasteiger charge is -2.18. The third kappa shape index (κ3) is 4.87. The van der Waals surface area contributed by atoms with Crippen LogP contribution in [0.3, 0.4) is 0 Å². The van der Waals surface area contributed by atoms with E-state index in [1.54, 1.807) is 5.57 Å². The predicted molar refractivity (Wildman–Crippen MR) is 127 cm³/mol. The molecule has 2 aromatic carbocycles. The maximum absolute atomic E-state index is 10.6. The number of fused-ring (bicyclic) bond motifs is 1. The van der Waals surface area contributed by atoms with Crippen molar-refractivity contribution in [3.05, 3.63) is 89.0 Å². The normalized spacial score (nSPS) is 25.5. The van der Waals surface area contributed by atoms with Crippen LogP contribution >= 0.6 is 0 Å². The molecule has 0 saturated heterocycles. The first kappa shape index (κ1) is 20.9. The van der Waals surface area contributed by atoms with Gasteiger partial charge in [-0.2, -0.15) is 0 Å². The Balaban J connectivity index is 1.34. The molecule has 0 aromatic heterocycles. The number of benzene rings is 2. The Hall–Kier alpha value is -2.32. The second-order valence-electron chi connectivity index (χ2n) is 9.43. The van der Waals surface area contributed by atoms with E-state index in [9.17, 15) is 5.11 Å². The van der Waals surface area contributed by atoms with Crippen LogP contribution in [0, 0.1) is 24.7 Å². The molecular weight excluding hydrogens is 366 g/mol. The molecule has 2 aromatic rings. The molecule has 1 N–H and O–H groups in total. The average Bonchev–Trinajstić information content (AvgIpc) is 3.22. The van der Waals surface area contributed by atoms with E-state index >= 15 is 0 Å². The number of rotatable bonds is 7. The fourth-order valence-electron chi connectivity index (χ4n) is 5.31. The van der Waals surface area contributed by atoms with Crippen LogP contribution in [0.1, 0.15) is 36.0 Å². The van der Waals surface area contributed by atoms with E-state index in [4.69, 9.17) is 0 Å². The van der Waals surface area contributed by atoms with Crippen molar-refractivity contribution in [1.82, 2.24) is 0 Å². The molecule has 4 rings (SSSR count). The highest BCUT2D eigenvalue weighted by molar-refractivity contribution is 5.48. The molecular formula is C28H35NO. The number of aliphatic hydroxyl groups excluding tert-OH is 1. The van der Waals surface area contributed by atoms with Gasteiger partial charge in [0, 0.05) is 25.7 Å². The monoisotopic (exact) mass is 401 g/mol. The van der Waals surface area contributed by atoms with Crippen molar-refractivity contribution in [2.45, 2.75) is 45.1 Å². The Labute approximate surface area is 181 Å². The molecule has 0 unspecified atom stereocenters. The van der Waals surface area contributed by atoms with Gasteiger partial charge in [-0.25, -0.2) is 0 Å². The quantitative estimate of drug-likeness (QED) is 0.598. The zero-order valence-corrected chi connectivity index (χ0v) is 18.6. The fraction of sp³-hybridized carbons (Fsp3) is 0.429. The van der Waals surface area contributed by atoms with Gasteiger partial charge in [-0.3, -0.25) is 0 Å². The van der Waals surface area contributed by atoms with Crippen LogP contribution in [0.15, 0.2) is 72.3 Å². The minimum Gasteiger partial charge on any atom is -0.392 e. The topological polar surface area (TPSA) is 23.5 Å². The zero-order valence-electron chi connectivity index (χ0n) is 18.6. The fourth-order valence-corrected chi connectivity index (χ4v) is 5.31. The van der Waals surface area contributed by atoms with Gasteiger partial charge in [-0.15, -0.1) is 0 Å². The van der Waals surface area contributed by atoms with E-state index in [0.717, 1.165) is 32.1 Å². The summed E-state index contributed by atoms with van der Waals surface area (Å²) in [4.78, 5) is 2.16. The molecule has 4 atom stereocenters. The zero-order chi connectivity index (χ0) is 21.1. The third-order valence-electron chi connectivity index (χ3n) is 6.85. The van der Waals surface area contributed by atoms with Crippen LogP contribution in [-0.2, 0) is 12.8 Å². The van der Waals surface area contributed by atoms with Crippen molar-refractivity contribution in [2.24, 2.45) is 17.8 Å². The first-order chi connectivity index (χ1) is 14.5. The van der Waals surface area contributed by atoms with E-state index < -0.39 is 0 Å². The van der Waals surface area contributed by atoms with Crippen LogP contribution in [0.25, 0.3) is 0 Å². The molecule has 30 heavy (non-hydrogen) atoms. The lowest BCUT2D eigenvalue weighted by atomic mass is 9.88. The molecule has 0 heterocycles. The number of aryl methyl sites for hydroxylation is 2. The smallest absolute Gasteiger partial charge is 0.0611 e. The van der Waals surface area contributed by atoms with Gasteiger partial charge in [0.25, 0.3) is 0 Å². The average molecular weight is 402 g/mol. The van der Waals surface area contributed by atoms with Gasteiger partial charge in [0.05, 0.1) is 6.10 Å². The Bertz CT molecular complexity index is 926. The van der Waals surface area contributed by atoms with Crippen molar-refractivity contribution in [1.29, 1.82) is 0 Å². The lowest BCUT2D eigenvalue weighted by molar-refractivity contribution is 0.141. The van der Waals surface area contributed by atoms with Crippen LogP contribution in [-0.4, -0.2) is 25.3 Å². The summed E-state index contributed by atoms with van der Waals surface area (Å²) in [7, 11) is 4.19. The molecule has 2 heteroatoms. The predicted octanol–water partition coefficient (Wildman–Crippen LogP) is 5.74. The molecule has 0 bridgehead atoms. The van der Waals surface area contributed by atoms with Crippen LogP contribution in [0.5, 0.6) is 0 Å². The van der Waals surface area contributed by atoms with Crippen LogP contribution in [0.4, 0.5) is 5.69 Å². The maximum atomic E-state index is 10.6. The number of allylic oxidation sites excluding steroid dienone is 3. The number of hydrogen-bond donors (Lipinski definition) is 1. The van der Waals surface area contributed by atoms with Gasteiger partial charge in [0.1, 0.15) is 0 Å². The summed E-state index contributed by atoms with van der Waals surface area (Å²) < 4.78 is 0. The van der Waals surface area contributed by atoms with E-state index in [2.05, 4.69) is 92.7 Å². The van der Waals surface area contributed by atoms with Gasteiger partial charge >= 0.3 is 0 Å². The summed E-state index contributed by atoms with van der Waals surface area (Å²) >= 11 is 0. The van der Waals surface area contributed by atoms with Gasteiger partial charge in [-0.1, -0.05) is 65.8 Å². The number of hydrogen-bond acceptors (Lipinski definition) is 2. The van der Waals surface area contributed by atoms with Gasteiger partial charge in [-0.05, 0) is 74.1 Å². The van der Waals surface area contributed by atoms with E-state index in [0.29, 0.717) is 17.8 Å². The van der Waals surface area contributed by atoms with Gasteiger partial charge in [0.2, 0.25) is 0 Å². The minimum absolute atomic E-state index is 0.190. The molecule has 1 fully saturated rings. The Morgan fingerprint density at radius 1 is 1.07 bits per heavy atom. The number of aliphatic hydroxyl groups is 1. The highest BCUT2D eigenvalue weighted by Crippen LogP contribution is 2.48. The Kier molecular flexibility index (Phi) is 6.43. The van der Waals surface area contributed by atoms with Crippen LogP contribution < -0.4 is 4.90 Å². The summed E-state index contributed by atoms with van der Waals surface area (Å²) in [5, 5.41) is 10.6. The summed E-state index contributed by atoms with van der Waals surface area (Å²) in [6.45, 7) is 2.15. The van der Waals surface area contributed by atoms with Crippen molar-refractivity contribution in [3.8, 4) is 0 Å². The molecule has 2 nitrogen and oxygen atoms in total. The molecule has 1 saturated carbocycles. The van der Waals surface area contributed by atoms with Crippen molar-refractivity contribution < 1.29 is 5.11 Å². The van der Waals surface area contributed by atoms with E-state index in [1.807, 2.05) is 0 Å². The number of anilines is 1. The molecule has 0 radical (unpaired) electrons. The van der Waals surface area contributed by atoms with E-state index in [-0.39, 0.29) is 6.10 Å². The van der Waals surface area contributed by atoms with Crippen molar-refractivity contribution in [2.75, 3.05) is 19.0 Å². The standard InChI is InChI=1S/C28H35NO/c1-20-8-6-10-21(14-20)9-4-5-13-26-27-18-23(16-24(27)19-28(26)30)15-22-11-7-12-25(17-22)29(2)3/h5-8,10-14,16-17,24,26-28,30H,4,9,15,18-19H2,1-3H3/b13-5+/t24-,26+,27-,28+/m0/s1. The summed E-state index contributed by atoms with van der Waals surface area (Å²) in [6.07, 6.45) is 12.1. The molecule has 2 aliphatic carbocycles. The van der Waals surface area contributed by atoms with Gasteiger partial charge in [0.15, 0.2) is 0 Å². The summed E-state index contributed by atoms with van der Waals surface area (Å²) in [5.74, 6) is 1.41. The summed E-state index contributed by atoms with van der Waals surface area (Å²) in [5.41, 5.74) is 6.92. The van der Waals surface area contributed by atoms with Crippen molar-refractivity contribution >= 4 is 5.69 Å². The third-order valence-corrected chi connectivity index (χ3v) is 6.85. The van der Waals surface area contributed by atoms with Crippen molar-refractivity contribution in [3.63, 3.8) is 0 Å². The van der Waals surface area contributed by atoms with Crippen LogP contribution in [0.2, 0.25) is 0 Å². The largest absolute Gasteiger partial charge is 0.392 e. The lowest BCUT2D eigenvalue weighted by Crippen LogP contribution is -2.17. The maximum Gasteiger partial charge on any atom is 0.0611 e. The van der Waals surface area contributed by atoms with Gasteiger partial charge < -0.3 is 10.0 Å². The Morgan fingerprint density at radius 2 is 1.87 bits per heavy atom. The second-order valence-corrected chi connectivity index (χ2v) is 9.43. The minimum atomic E-state index is -0.190. The molecule has 2 aliphatic rings. The SMILES string of the molecule is Cc1cccc(CC/C=C/[C@@H]2[C@H]3CC(Cc4cccc(N(C)C)c4)=C[C@H]3C[C@H]2O)c1.